The van der Waals surface area contributed by atoms with E-state index in [4.69, 9.17) is 35.6 Å². The Hall–Kier alpha value is -1.03. The van der Waals surface area contributed by atoms with Crippen molar-refractivity contribution in [3.8, 4) is 0 Å². The Bertz CT molecular complexity index is 792. The Morgan fingerprint density at radius 3 is 2.92 bits per heavy atom. The van der Waals surface area contributed by atoms with Gasteiger partial charge in [-0.3, -0.25) is 18.1 Å². The van der Waals surface area contributed by atoms with Gasteiger partial charge in [-0.15, -0.1) is 0 Å². The number of halogens is 2. The molecule has 2 aliphatic heterocycles. The molecule has 0 spiro atoms. The van der Waals surface area contributed by atoms with E-state index in [0.717, 1.165) is 10.8 Å². The zero-order valence-corrected chi connectivity index (χ0v) is 15.4. The van der Waals surface area contributed by atoms with E-state index in [0.29, 0.717) is 0 Å². The predicted molar refractivity (Wildman–Crippen MR) is 86.0 cm³/mol. The second-order valence-corrected chi connectivity index (χ2v) is 8.31. The second-order valence-electron chi connectivity index (χ2n) is 6.33. The zero-order valence-electron chi connectivity index (χ0n) is 13.7. The first-order valence-electron chi connectivity index (χ1n) is 7.52. The van der Waals surface area contributed by atoms with Gasteiger partial charge in [-0.05, 0) is 20.8 Å². The van der Waals surface area contributed by atoms with Gasteiger partial charge in [-0.25, -0.2) is 13.8 Å². The molecule has 3 rings (SSSR count). The molecule has 2 fully saturated rings. The van der Waals surface area contributed by atoms with E-state index in [1.165, 1.54) is 6.92 Å². The van der Waals surface area contributed by atoms with Crippen molar-refractivity contribution in [2.24, 2.45) is 0 Å². The van der Waals surface area contributed by atoms with Crippen LogP contribution in [0, 0.1) is 0 Å². The van der Waals surface area contributed by atoms with Gasteiger partial charge in [0, 0.05) is 6.20 Å². The maximum absolute atomic E-state index is 15.0. The number of nitrogens with two attached hydrogens (primary N) is 1. The summed E-state index contributed by atoms with van der Waals surface area (Å²) in [5.74, 6) is -0.172. The molecule has 140 valence electrons. The summed E-state index contributed by atoms with van der Waals surface area (Å²) in [5, 5.41) is -0.0265. The van der Waals surface area contributed by atoms with Gasteiger partial charge in [0.25, 0.3) is 0 Å². The Morgan fingerprint density at radius 1 is 1.60 bits per heavy atom. The first-order chi connectivity index (χ1) is 11.5. The number of phosphoric acid groups is 1. The highest BCUT2D eigenvalue weighted by atomic mass is 35.5. The molecular weight excluding hydrogens is 380 g/mol. The first-order valence-corrected chi connectivity index (χ1v) is 9.36. The topological polar surface area (TPSA) is 115 Å². The van der Waals surface area contributed by atoms with E-state index < -0.39 is 43.7 Å². The smallest absolute Gasteiger partial charge is 0.382 e. The molecular formula is C13H18ClFN3O6P. The second kappa shape index (κ2) is 6.29. The largest absolute Gasteiger partial charge is 0.475 e. The van der Waals surface area contributed by atoms with Crippen LogP contribution in [-0.4, -0.2) is 40.1 Å². The summed E-state index contributed by atoms with van der Waals surface area (Å²) in [7, 11) is -3.94. The summed E-state index contributed by atoms with van der Waals surface area (Å²) in [6.45, 7) is 4.58. The van der Waals surface area contributed by atoms with E-state index in [-0.39, 0.29) is 17.4 Å². The number of fused-ring (bicyclic) bond motifs is 1. The van der Waals surface area contributed by atoms with E-state index in [9.17, 15) is 9.36 Å². The van der Waals surface area contributed by atoms with Crippen LogP contribution < -0.4 is 11.4 Å². The fraction of sp³-hybridized carbons (Fsp3) is 0.692. The lowest BCUT2D eigenvalue weighted by atomic mass is 9.99. The summed E-state index contributed by atoms with van der Waals surface area (Å²) in [4.78, 5) is 15.5. The van der Waals surface area contributed by atoms with E-state index in [2.05, 4.69) is 4.98 Å². The molecule has 1 aromatic heterocycles. The fourth-order valence-electron chi connectivity index (χ4n) is 2.72. The SMILES string of the molecule is CC(C)OP1(=O)OC[C@@]2(C)O[C@@H](n3cc(Cl)c(N)nc3=O)[C@@H](F)[C@@H]2O1. The number of phosphoric ester groups is 1. The molecule has 1 aromatic rings. The van der Waals surface area contributed by atoms with Gasteiger partial charge in [-0.1, -0.05) is 11.6 Å². The third-order valence-electron chi connectivity index (χ3n) is 3.85. The maximum atomic E-state index is 15.0. The van der Waals surface area contributed by atoms with Crippen molar-refractivity contribution in [1.29, 1.82) is 0 Å². The molecule has 0 amide bonds. The average Bonchev–Trinajstić information content (AvgIpc) is 2.75. The molecule has 2 saturated heterocycles. The minimum absolute atomic E-state index is 0.0265. The predicted octanol–water partition coefficient (Wildman–Crippen LogP) is 2.05. The molecule has 25 heavy (non-hydrogen) atoms. The number of hydrogen-bond acceptors (Lipinski definition) is 8. The molecule has 0 aliphatic carbocycles. The van der Waals surface area contributed by atoms with Gasteiger partial charge in [0.05, 0.1) is 17.7 Å². The Morgan fingerprint density at radius 2 is 2.28 bits per heavy atom. The van der Waals surface area contributed by atoms with Crippen molar-refractivity contribution in [2.45, 2.75) is 51.0 Å². The third kappa shape index (κ3) is 3.34. The summed E-state index contributed by atoms with van der Waals surface area (Å²) in [6.07, 6.45) is -3.80. The Labute approximate surface area is 147 Å². The van der Waals surface area contributed by atoms with Crippen molar-refractivity contribution in [2.75, 3.05) is 12.3 Å². The normalized spacial score (nSPS) is 38.1. The fourth-order valence-corrected chi connectivity index (χ4v) is 4.59. The van der Waals surface area contributed by atoms with Gasteiger partial charge in [0.15, 0.2) is 12.4 Å². The van der Waals surface area contributed by atoms with Crippen molar-refractivity contribution >= 4 is 25.2 Å². The number of nitrogens with zero attached hydrogens (tertiary/aromatic N) is 2. The number of alkyl halides is 1. The molecule has 2 aliphatic rings. The zero-order chi connectivity index (χ0) is 18.6. The van der Waals surface area contributed by atoms with Crippen molar-refractivity contribution < 1.29 is 27.3 Å². The summed E-state index contributed by atoms with van der Waals surface area (Å²) < 4.78 is 49.6. The van der Waals surface area contributed by atoms with Crippen LogP contribution in [0.1, 0.15) is 27.0 Å². The molecule has 2 N–H and O–H groups in total. The van der Waals surface area contributed by atoms with Crippen LogP contribution in [0.15, 0.2) is 11.0 Å². The Kier molecular flexibility index (Phi) is 4.72. The molecule has 12 heteroatoms. The molecule has 5 atom stereocenters. The van der Waals surface area contributed by atoms with Gasteiger partial charge in [0.2, 0.25) is 0 Å². The third-order valence-corrected chi connectivity index (χ3v) is 5.76. The summed E-state index contributed by atoms with van der Waals surface area (Å²) in [6, 6.07) is 0. The molecule has 0 bridgehead atoms. The first kappa shape index (κ1) is 18.8. The van der Waals surface area contributed by atoms with Crippen LogP contribution >= 0.6 is 19.4 Å². The molecule has 9 nitrogen and oxygen atoms in total. The van der Waals surface area contributed by atoms with E-state index in [1.54, 1.807) is 13.8 Å². The summed E-state index contributed by atoms with van der Waals surface area (Å²) >= 11 is 5.86. The van der Waals surface area contributed by atoms with E-state index in [1.807, 2.05) is 0 Å². The standard InChI is InChI=1S/C13H18ClFN3O6P/c1-6(2)23-25(20)21-5-13(3)9(24-25)8(15)11(22-13)18-4-7(14)10(16)17-12(18)19/h4,6,8-9,11H,5H2,1-3H3,(H2,16,17,19)/t8-,9-,11+,13+,25?/m0/s1. The van der Waals surface area contributed by atoms with Crippen LogP contribution in [0.2, 0.25) is 5.02 Å². The van der Waals surface area contributed by atoms with E-state index >= 15 is 4.39 Å². The number of anilines is 1. The van der Waals surface area contributed by atoms with Crippen LogP contribution in [0.4, 0.5) is 10.2 Å². The van der Waals surface area contributed by atoms with Crippen LogP contribution in [0.3, 0.4) is 0 Å². The highest BCUT2D eigenvalue weighted by Crippen LogP contribution is 2.60. The lowest BCUT2D eigenvalue weighted by Crippen LogP contribution is -2.48. The number of rotatable bonds is 3. The van der Waals surface area contributed by atoms with Crippen LogP contribution in [0.25, 0.3) is 0 Å². The monoisotopic (exact) mass is 397 g/mol. The quantitative estimate of drug-likeness (QED) is 0.770. The Balaban J connectivity index is 1.92. The molecule has 0 saturated carbocycles. The highest BCUT2D eigenvalue weighted by Gasteiger charge is 2.61. The summed E-state index contributed by atoms with van der Waals surface area (Å²) in [5.41, 5.74) is 3.35. The van der Waals surface area contributed by atoms with Gasteiger partial charge < -0.3 is 10.5 Å². The highest BCUT2D eigenvalue weighted by molar-refractivity contribution is 7.48. The van der Waals surface area contributed by atoms with Gasteiger partial charge in [-0.2, -0.15) is 4.98 Å². The maximum Gasteiger partial charge on any atom is 0.475 e. The number of aromatic nitrogens is 2. The number of ether oxygens (including phenoxy) is 1. The molecule has 0 aromatic carbocycles. The molecule has 1 unspecified atom stereocenters. The number of nitrogen functional groups attached to an aromatic ring is 1. The molecule has 3 heterocycles. The van der Waals surface area contributed by atoms with Crippen LogP contribution in [0.5, 0.6) is 0 Å². The van der Waals surface area contributed by atoms with Crippen molar-refractivity contribution in [3.05, 3.63) is 21.7 Å². The molecule has 0 radical (unpaired) electrons. The van der Waals surface area contributed by atoms with Gasteiger partial charge in [0.1, 0.15) is 17.5 Å². The van der Waals surface area contributed by atoms with Crippen molar-refractivity contribution in [1.82, 2.24) is 9.55 Å². The lowest BCUT2D eigenvalue weighted by molar-refractivity contribution is -0.138. The minimum Gasteiger partial charge on any atom is -0.382 e. The average molecular weight is 398 g/mol. The minimum atomic E-state index is -3.94. The van der Waals surface area contributed by atoms with Gasteiger partial charge >= 0.3 is 13.5 Å². The van der Waals surface area contributed by atoms with Crippen LogP contribution in [-0.2, 0) is 22.9 Å². The lowest BCUT2D eigenvalue weighted by Gasteiger charge is -2.37. The number of hydrogen-bond donors (Lipinski definition) is 1. The van der Waals surface area contributed by atoms with Crippen molar-refractivity contribution in [3.63, 3.8) is 0 Å².